The summed E-state index contributed by atoms with van der Waals surface area (Å²) >= 11 is -1.12. The molecule has 0 fully saturated rings. The van der Waals surface area contributed by atoms with Gasteiger partial charge in [-0.3, -0.25) is 0 Å². The van der Waals surface area contributed by atoms with E-state index in [2.05, 4.69) is 13.8 Å². The Labute approximate surface area is 116 Å². The number of unbranched alkanes of at least 4 members (excludes halogenated alkanes) is 2. The summed E-state index contributed by atoms with van der Waals surface area (Å²) in [6.45, 7) is 4.49. The van der Waals surface area contributed by atoms with Crippen LogP contribution in [0.2, 0.25) is 10.6 Å². The molecule has 0 aliphatic carbocycles. The molecular formula is C15H25AlO2. The number of hydrogen-bond donors (Lipinski definition) is 0. The predicted octanol–water partition coefficient (Wildman–Crippen LogP) is 4.67. The molecule has 2 nitrogen and oxygen atoms in total. The number of rotatable bonds is 9. The van der Waals surface area contributed by atoms with E-state index >= 15 is 0 Å². The first-order chi connectivity index (χ1) is 8.81. The molecule has 0 heterocycles. The van der Waals surface area contributed by atoms with Crippen LogP contribution in [0.5, 0.6) is 11.5 Å². The van der Waals surface area contributed by atoms with Gasteiger partial charge in [-0.15, -0.1) is 0 Å². The first kappa shape index (κ1) is 15.4. The molecule has 1 rings (SSSR count). The standard InChI is InChI=1S/C7H8O2.2C4H9.Al/c1-9-7-5-3-2-4-6(7)8;2*1-3-4-2;/h2-5,8H,1H3;2*1,3-4H2,2H3;/q;;;+1/p-1. The quantitative estimate of drug-likeness (QED) is 0.604. The van der Waals surface area contributed by atoms with Gasteiger partial charge in [0.2, 0.25) is 0 Å². The van der Waals surface area contributed by atoms with E-state index in [0.717, 1.165) is 11.5 Å². The number of ether oxygens (including phenoxy) is 1. The number of benzene rings is 1. The van der Waals surface area contributed by atoms with Crippen LogP contribution in [0.1, 0.15) is 39.5 Å². The van der Waals surface area contributed by atoms with Crippen molar-refractivity contribution in [3.8, 4) is 11.5 Å². The van der Waals surface area contributed by atoms with Gasteiger partial charge < -0.3 is 8.53 Å². The summed E-state index contributed by atoms with van der Waals surface area (Å²) in [6.07, 6.45) is 5.08. The van der Waals surface area contributed by atoms with E-state index in [0.29, 0.717) is 0 Å². The van der Waals surface area contributed by atoms with Crippen LogP contribution in [-0.4, -0.2) is 21.6 Å². The van der Waals surface area contributed by atoms with Crippen molar-refractivity contribution in [3.63, 3.8) is 0 Å². The molecule has 0 spiro atoms. The minimum absolute atomic E-state index is 0.864. The third kappa shape index (κ3) is 5.33. The molecule has 0 aliphatic rings. The number of hydrogen-bond acceptors (Lipinski definition) is 2. The lowest BCUT2D eigenvalue weighted by molar-refractivity contribution is 0.392. The van der Waals surface area contributed by atoms with Gasteiger partial charge >= 0.3 is 14.5 Å². The van der Waals surface area contributed by atoms with Gasteiger partial charge in [0.05, 0.1) is 7.11 Å². The molecule has 0 aliphatic heterocycles. The third-order valence-corrected chi connectivity index (χ3v) is 5.81. The highest BCUT2D eigenvalue weighted by molar-refractivity contribution is 6.52. The molecule has 0 aromatic heterocycles. The number of para-hydroxylation sites is 2. The summed E-state index contributed by atoms with van der Waals surface area (Å²) in [5, 5.41) is 2.54. The largest absolute Gasteiger partial charge is 0.640 e. The van der Waals surface area contributed by atoms with Gasteiger partial charge in [-0.2, -0.15) is 0 Å². The van der Waals surface area contributed by atoms with Crippen molar-refractivity contribution in [1.29, 1.82) is 0 Å². The zero-order valence-corrected chi connectivity index (χ0v) is 13.1. The van der Waals surface area contributed by atoms with Crippen molar-refractivity contribution >= 4 is 14.5 Å². The summed E-state index contributed by atoms with van der Waals surface area (Å²) in [4.78, 5) is 0. The van der Waals surface area contributed by atoms with Crippen LogP contribution in [0.3, 0.4) is 0 Å². The summed E-state index contributed by atoms with van der Waals surface area (Å²) in [6, 6.07) is 8.00. The van der Waals surface area contributed by atoms with Crippen molar-refractivity contribution in [3.05, 3.63) is 24.3 Å². The maximum absolute atomic E-state index is 6.25. The molecule has 0 unspecified atom stereocenters. The molecule has 1 aromatic rings. The van der Waals surface area contributed by atoms with Crippen LogP contribution in [0.4, 0.5) is 0 Å². The van der Waals surface area contributed by atoms with Gasteiger partial charge in [0, 0.05) is 0 Å². The Bertz CT molecular complexity index is 320. The molecule has 0 amide bonds. The second-order valence-corrected chi connectivity index (χ2v) is 7.31. The molecule has 3 heteroatoms. The highest BCUT2D eigenvalue weighted by atomic mass is 27.2. The van der Waals surface area contributed by atoms with Crippen molar-refractivity contribution in [1.82, 2.24) is 0 Å². The van der Waals surface area contributed by atoms with Crippen molar-refractivity contribution in [2.75, 3.05) is 7.11 Å². The van der Waals surface area contributed by atoms with Gasteiger partial charge in [-0.05, 0) is 12.1 Å². The highest BCUT2D eigenvalue weighted by Crippen LogP contribution is 2.28. The van der Waals surface area contributed by atoms with Crippen LogP contribution < -0.4 is 8.53 Å². The third-order valence-electron chi connectivity index (χ3n) is 3.12. The average Bonchev–Trinajstić information content (AvgIpc) is 2.42. The van der Waals surface area contributed by atoms with Gasteiger partial charge in [0.25, 0.3) is 0 Å². The average molecular weight is 264 g/mol. The predicted molar refractivity (Wildman–Crippen MR) is 78.8 cm³/mol. The zero-order chi connectivity index (χ0) is 13.2. The Morgan fingerprint density at radius 1 is 0.944 bits per heavy atom. The Hall–Kier alpha value is -0.648. The molecule has 1 aromatic carbocycles. The Morgan fingerprint density at radius 3 is 2.00 bits per heavy atom. The van der Waals surface area contributed by atoms with Gasteiger partial charge in [-0.1, -0.05) is 62.2 Å². The lowest BCUT2D eigenvalue weighted by atomic mass is 10.3. The molecular weight excluding hydrogens is 239 g/mol. The lowest BCUT2D eigenvalue weighted by Crippen LogP contribution is -2.21. The van der Waals surface area contributed by atoms with E-state index in [1.54, 1.807) is 7.11 Å². The second kappa shape index (κ2) is 9.30. The molecule has 0 radical (unpaired) electrons. The molecule has 100 valence electrons. The van der Waals surface area contributed by atoms with Crippen LogP contribution >= 0.6 is 0 Å². The van der Waals surface area contributed by atoms with Crippen LogP contribution in [-0.2, 0) is 0 Å². The van der Waals surface area contributed by atoms with E-state index in [4.69, 9.17) is 8.53 Å². The molecule has 0 bridgehead atoms. The first-order valence-corrected chi connectivity index (χ1v) is 9.21. The maximum atomic E-state index is 6.25. The Balaban J connectivity index is 2.62. The molecule has 0 N–H and O–H groups in total. The van der Waals surface area contributed by atoms with Crippen molar-refractivity contribution in [2.45, 2.75) is 50.1 Å². The van der Waals surface area contributed by atoms with E-state index in [1.807, 2.05) is 24.3 Å². The van der Waals surface area contributed by atoms with E-state index in [1.165, 1.54) is 36.2 Å². The molecule has 0 saturated heterocycles. The van der Waals surface area contributed by atoms with Crippen LogP contribution in [0.25, 0.3) is 0 Å². The first-order valence-electron chi connectivity index (χ1n) is 7.11. The van der Waals surface area contributed by atoms with E-state index in [9.17, 15) is 0 Å². The van der Waals surface area contributed by atoms with Gasteiger partial charge in [0.1, 0.15) is 5.75 Å². The molecule has 0 atom stereocenters. The molecule has 18 heavy (non-hydrogen) atoms. The summed E-state index contributed by atoms with van der Waals surface area (Å²) in [5.41, 5.74) is 0. The van der Waals surface area contributed by atoms with Gasteiger partial charge in [-0.25, -0.2) is 0 Å². The van der Waals surface area contributed by atoms with E-state index in [-0.39, 0.29) is 0 Å². The van der Waals surface area contributed by atoms with Crippen LogP contribution in [0, 0.1) is 0 Å². The van der Waals surface area contributed by atoms with Crippen molar-refractivity contribution < 1.29 is 8.53 Å². The SMILES string of the molecule is CCC[CH2][Al]([CH2]CCC)[O]c1ccccc1OC. The zero-order valence-electron chi connectivity index (χ0n) is 11.9. The number of methoxy groups -OCH3 is 1. The van der Waals surface area contributed by atoms with Crippen LogP contribution in [0.15, 0.2) is 24.3 Å². The minimum Gasteiger partial charge on any atom is -0.640 e. The fourth-order valence-electron chi connectivity index (χ4n) is 2.02. The monoisotopic (exact) mass is 264 g/mol. The van der Waals surface area contributed by atoms with Gasteiger partial charge in [0.15, 0.2) is 5.75 Å². The molecule has 0 saturated carbocycles. The normalized spacial score (nSPS) is 10.2. The van der Waals surface area contributed by atoms with E-state index < -0.39 is 14.5 Å². The Morgan fingerprint density at radius 2 is 1.50 bits per heavy atom. The highest BCUT2D eigenvalue weighted by Gasteiger charge is 2.23. The fourth-order valence-corrected chi connectivity index (χ4v) is 4.83. The minimum atomic E-state index is -1.12. The fraction of sp³-hybridized carbons (Fsp3) is 0.600. The summed E-state index contributed by atoms with van der Waals surface area (Å²) in [5.74, 6) is 1.80. The smallest absolute Gasteiger partial charge is 0.546 e. The maximum Gasteiger partial charge on any atom is 0.546 e. The summed E-state index contributed by atoms with van der Waals surface area (Å²) in [7, 11) is 1.71. The lowest BCUT2D eigenvalue weighted by Gasteiger charge is -2.17. The Kier molecular flexibility index (Phi) is 7.97. The second-order valence-electron chi connectivity index (χ2n) is 4.68. The summed E-state index contributed by atoms with van der Waals surface area (Å²) < 4.78 is 11.6. The van der Waals surface area contributed by atoms with Crippen molar-refractivity contribution in [2.24, 2.45) is 0 Å². The topological polar surface area (TPSA) is 18.5 Å².